The number of rotatable bonds is 11. The standard InChI is InChI=1S/C16H18FN3O3.C16H19N3O5S.C16H19N3O4S/c1-2-19-9-11(16(22)23)15(21)10-7-12(17)14(8-13(10)19)20-5-3-18-4-6-20;1-16(2)11(15(23)24)19-13(22)10(14(19)25-16)18-12(21)9(17)7-3-5-8(20)6-4-7;1-16(2)11(15(22)23)19-13(21)10(14(19)24-16)18-12(20)9(17)8-6-4-3-5-7-8/h7-9,18H,2-6H2,1H3,(H,22,23);3-6,9-11,14,20H,17H2,1-2H3,(H,18,21)(H,23,24);3-7,9-11,14H,17H2,1-2H3,(H,18,20)(H,22,23)/t;2*9-,10-,11+,14-/m.11/s1. The van der Waals surface area contributed by atoms with Crippen LogP contribution in [0.25, 0.3) is 10.9 Å². The molecule has 5 aliphatic heterocycles. The van der Waals surface area contributed by atoms with E-state index in [1.807, 2.05) is 17.9 Å². The van der Waals surface area contributed by atoms with Gasteiger partial charge in [0.1, 0.15) is 64.1 Å². The van der Waals surface area contributed by atoms with Gasteiger partial charge in [0, 0.05) is 53.8 Å². The minimum absolute atomic E-state index is 0.0606. The summed E-state index contributed by atoms with van der Waals surface area (Å²) in [5, 5.41) is 45.0. The molecule has 5 fully saturated rings. The van der Waals surface area contributed by atoms with Crippen LogP contribution in [0.4, 0.5) is 10.1 Å². The number of carbonyl (C=O) groups excluding carboxylic acids is 4. The number of thioether (sulfide) groups is 2. The lowest BCUT2D eigenvalue weighted by molar-refractivity contribution is -0.161. The number of fused-ring (bicyclic) bond motifs is 3. The molecule has 21 nitrogen and oxygen atoms in total. The van der Waals surface area contributed by atoms with Crippen molar-refractivity contribution < 1.29 is 58.4 Å². The highest BCUT2D eigenvalue weighted by molar-refractivity contribution is 8.02. The number of phenols is 1. The number of halogens is 1. The third-order valence-corrected chi connectivity index (χ3v) is 16.2. The summed E-state index contributed by atoms with van der Waals surface area (Å²) in [6.45, 7) is 12.4. The Morgan fingerprint density at radius 3 is 1.68 bits per heavy atom. The van der Waals surface area contributed by atoms with Crippen LogP contribution in [0.3, 0.4) is 0 Å². The number of nitrogens with two attached hydrogens (primary N) is 2. The number of carbonyl (C=O) groups is 7. The summed E-state index contributed by atoms with van der Waals surface area (Å²) in [5.74, 6) is -5.59. The van der Waals surface area contributed by atoms with E-state index in [1.165, 1.54) is 63.8 Å². The molecule has 24 heteroatoms. The molecule has 1 aromatic heterocycles. The van der Waals surface area contributed by atoms with E-state index in [2.05, 4.69) is 16.0 Å². The van der Waals surface area contributed by atoms with E-state index in [-0.39, 0.29) is 28.0 Å². The second-order valence-electron chi connectivity index (χ2n) is 18.6. The highest BCUT2D eigenvalue weighted by atomic mass is 32.2. The fourth-order valence-corrected chi connectivity index (χ4v) is 12.6. The predicted octanol–water partition coefficient (Wildman–Crippen LogP) is 1.61. The van der Waals surface area contributed by atoms with Crippen LogP contribution in [0.5, 0.6) is 5.75 Å². The average molecular weight is 1030 g/mol. The molecule has 8 atom stereocenters. The van der Waals surface area contributed by atoms with Crippen LogP contribution in [-0.2, 0) is 35.3 Å². The van der Waals surface area contributed by atoms with Gasteiger partial charge in [0.2, 0.25) is 29.1 Å². The zero-order valence-corrected chi connectivity index (χ0v) is 41.4. The van der Waals surface area contributed by atoms with Crippen LogP contribution in [0, 0.1) is 5.82 Å². The number of aliphatic carboxylic acids is 2. The van der Waals surface area contributed by atoms with Gasteiger partial charge in [-0.05, 0) is 70.0 Å². The molecule has 9 rings (SSSR count). The number of hydrogen-bond donors (Lipinski definition) is 9. The third kappa shape index (κ3) is 10.2. The zero-order chi connectivity index (χ0) is 52.7. The number of β-lactam (4-membered cyclic amide) rings is 2. The van der Waals surface area contributed by atoms with Gasteiger partial charge in [-0.25, -0.2) is 18.8 Å². The van der Waals surface area contributed by atoms with Gasteiger partial charge in [0.05, 0.1) is 11.2 Å². The summed E-state index contributed by atoms with van der Waals surface area (Å²) in [7, 11) is 0. The maximum absolute atomic E-state index is 14.5. The number of aryl methyl sites for hydroxylation is 1. The van der Waals surface area contributed by atoms with Gasteiger partial charge in [-0.3, -0.25) is 24.0 Å². The maximum atomic E-state index is 14.5. The number of anilines is 1. The molecule has 384 valence electrons. The summed E-state index contributed by atoms with van der Waals surface area (Å²) in [5.41, 5.74) is 13.0. The molecular weight excluding hydrogens is 978 g/mol. The molecule has 3 aromatic carbocycles. The number of aromatic hydroxyl groups is 1. The third-order valence-electron chi connectivity index (χ3n) is 13.1. The molecular formula is C48H56FN9O12S2. The summed E-state index contributed by atoms with van der Waals surface area (Å²) < 4.78 is 14.9. The second kappa shape index (κ2) is 20.8. The van der Waals surface area contributed by atoms with Gasteiger partial charge in [-0.2, -0.15) is 0 Å². The van der Waals surface area contributed by atoms with E-state index in [0.29, 0.717) is 42.0 Å². The summed E-state index contributed by atoms with van der Waals surface area (Å²) in [4.78, 5) is 100. The summed E-state index contributed by atoms with van der Waals surface area (Å²) in [6.07, 6.45) is 1.33. The molecule has 0 saturated carbocycles. The van der Waals surface area contributed by atoms with E-state index in [9.17, 15) is 58.1 Å². The lowest BCUT2D eigenvalue weighted by atomic mass is 9.95. The fourth-order valence-electron chi connectivity index (χ4n) is 9.38. The predicted molar refractivity (Wildman–Crippen MR) is 266 cm³/mol. The largest absolute Gasteiger partial charge is 0.508 e. The molecule has 0 spiro atoms. The van der Waals surface area contributed by atoms with Gasteiger partial charge < -0.3 is 67.1 Å². The van der Waals surface area contributed by atoms with Crippen molar-refractivity contribution in [2.24, 2.45) is 11.5 Å². The molecule has 0 aliphatic carbocycles. The number of aromatic nitrogens is 1. The van der Waals surface area contributed by atoms with Gasteiger partial charge in [0.25, 0.3) is 0 Å². The molecule has 5 saturated heterocycles. The van der Waals surface area contributed by atoms with Crippen molar-refractivity contribution in [3.8, 4) is 5.75 Å². The number of pyridine rings is 1. The Hall–Kier alpha value is -6.73. The number of phenolic OH excluding ortho intramolecular Hbond substituents is 1. The monoisotopic (exact) mass is 1030 g/mol. The molecule has 0 unspecified atom stereocenters. The van der Waals surface area contributed by atoms with Crippen molar-refractivity contribution in [2.75, 3.05) is 31.1 Å². The zero-order valence-electron chi connectivity index (χ0n) is 39.8. The van der Waals surface area contributed by atoms with Crippen molar-refractivity contribution >= 4 is 81.7 Å². The molecule has 11 N–H and O–H groups in total. The Labute approximate surface area is 420 Å². The number of piperazine rings is 1. The molecule has 0 bridgehead atoms. The first-order chi connectivity index (χ1) is 33.9. The highest BCUT2D eigenvalue weighted by Crippen LogP contribution is 2.52. The Morgan fingerprint density at radius 2 is 1.24 bits per heavy atom. The van der Waals surface area contributed by atoms with E-state index in [4.69, 9.17) is 16.6 Å². The average Bonchev–Trinajstić information content (AvgIpc) is 3.76. The lowest BCUT2D eigenvalue weighted by Gasteiger charge is -2.43. The van der Waals surface area contributed by atoms with Gasteiger partial charge >= 0.3 is 17.9 Å². The Balaban J connectivity index is 0.000000159. The first-order valence-corrected chi connectivity index (χ1v) is 24.6. The molecule has 72 heavy (non-hydrogen) atoms. The minimum Gasteiger partial charge on any atom is -0.508 e. The first-order valence-electron chi connectivity index (χ1n) is 22.9. The van der Waals surface area contributed by atoms with Gasteiger partial charge in [-0.15, -0.1) is 23.5 Å². The quantitative estimate of drug-likeness (QED) is 0.0964. The van der Waals surface area contributed by atoms with Crippen molar-refractivity contribution in [3.63, 3.8) is 0 Å². The lowest BCUT2D eigenvalue weighted by Crippen LogP contribution is -2.71. The highest BCUT2D eigenvalue weighted by Gasteiger charge is 2.65. The summed E-state index contributed by atoms with van der Waals surface area (Å²) >= 11 is 2.74. The topological polar surface area (TPSA) is 320 Å². The molecule has 0 radical (unpaired) electrons. The number of carboxylic acid groups (broad SMARTS) is 3. The maximum Gasteiger partial charge on any atom is 0.341 e. The van der Waals surface area contributed by atoms with Gasteiger partial charge in [-0.1, -0.05) is 42.5 Å². The fraction of sp³-hybridized carbons (Fsp3) is 0.417. The number of amides is 4. The number of benzene rings is 3. The van der Waals surface area contributed by atoms with E-state index in [0.717, 1.165) is 19.2 Å². The SMILES string of the molecule is CC1(C)S[C@@H]2[C@H](NC(=O)[C@H](N)c3ccc(O)cc3)C(=O)N2[C@H]1C(=O)O.CC1(C)S[C@@H]2[C@H](NC(=O)[C@H](N)c3ccccc3)C(=O)N2[C@H]1C(=O)O.CCn1cc(C(=O)O)c(=O)c2cc(F)c(N3CCNCC3)cc21. The van der Waals surface area contributed by atoms with Crippen molar-refractivity contribution in [2.45, 2.75) is 97.7 Å². The molecule has 6 heterocycles. The van der Waals surface area contributed by atoms with Crippen LogP contribution < -0.4 is 37.7 Å². The Kier molecular flexibility index (Phi) is 15.3. The van der Waals surface area contributed by atoms with Crippen molar-refractivity contribution in [3.05, 3.63) is 106 Å². The molecule has 4 amide bonds. The van der Waals surface area contributed by atoms with Crippen molar-refractivity contribution in [1.29, 1.82) is 0 Å². The molecule has 4 aromatic rings. The Morgan fingerprint density at radius 1 is 0.764 bits per heavy atom. The number of aromatic carboxylic acids is 1. The smallest absolute Gasteiger partial charge is 0.341 e. The van der Waals surface area contributed by atoms with E-state index in [1.54, 1.807) is 62.6 Å². The van der Waals surface area contributed by atoms with Gasteiger partial charge in [0.15, 0.2) is 0 Å². The molecule has 5 aliphatic rings. The van der Waals surface area contributed by atoms with Crippen molar-refractivity contribution in [1.82, 2.24) is 30.3 Å². The van der Waals surface area contributed by atoms with Crippen LogP contribution in [0.2, 0.25) is 0 Å². The van der Waals surface area contributed by atoms with Crippen LogP contribution in [0.1, 0.15) is 68.2 Å². The summed E-state index contributed by atoms with van der Waals surface area (Å²) in [6, 6.07) is 12.4. The number of hydrogen-bond acceptors (Lipinski definition) is 15. The van der Waals surface area contributed by atoms with Crippen LogP contribution in [0.15, 0.2) is 77.7 Å². The minimum atomic E-state index is -1.30. The normalized spacial score (nSPS) is 24.1. The second-order valence-corrected chi connectivity index (χ2v) is 22.2. The number of nitrogens with one attached hydrogen (secondary N) is 3. The number of carboxylic acids is 3. The first kappa shape index (κ1) is 53.1. The number of nitrogens with zero attached hydrogens (tertiary/aromatic N) is 4. The Bertz CT molecular complexity index is 2870. The van der Waals surface area contributed by atoms with Crippen LogP contribution >= 0.6 is 23.5 Å². The van der Waals surface area contributed by atoms with Crippen LogP contribution in [-0.4, -0.2) is 147 Å². The van der Waals surface area contributed by atoms with E-state index >= 15 is 0 Å². The van der Waals surface area contributed by atoms with E-state index < -0.39 is 98.0 Å².